The maximum Gasteiger partial charge on any atom is 0.407 e. The summed E-state index contributed by atoms with van der Waals surface area (Å²) >= 11 is 17.1. The molecule has 0 aromatic rings. The van der Waals surface area contributed by atoms with Gasteiger partial charge in [-0.3, -0.25) is 0 Å². The van der Waals surface area contributed by atoms with Gasteiger partial charge in [0, 0.05) is 6.04 Å². The van der Waals surface area contributed by atoms with Gasteiger partial charge in [-0.25, -0.2) is 4.79 Å². The second-order valence-corrected chi connectivity index (χ2v) is 13.3. The summed E-state index contributed by atoms with van der Waals surface area (Å²) in [6.45, 7) is 6.92. The fourth-order valence-corrected chi connectivity index (χ4v) is 8.20. The molecule has 0 bridgehead atoms. The van der Waals surface area contributed by atoms with E-state index in [0.717, 1.165) is 17.8 Å². The Hall–Kier alpha value is -0.120. The number of alkyl carbamates (subject to hydrolysis) is 1. The molecule has 1 amide bonds. The first-order valence-electron chi connectivity index (χ1n) is 11.7. The van der Waals surface area contributed by atoms with Crippen molar-refractivity contribution in [1.82, 2.24) is 5.32 Å². The summed E-state index contributed by atoms with van der Waals surface area (Å²) in [4.78, 5) is 12.2. The van der Waals surface area contributed by atoms with Crippen molar-refractivity contribution in [2.75, 3.05) is 6.61 Å². The van der Waals surface area contributed by atoms with Crippen molar-refractivity contribution >= 4 is 40.9 Å². The molecule has 4 aliphatic carbocycles. The molecule has 1 N–H and O–H groups in total. The Morgan fingerprint density at radius 3 is 2.70 bits per heavy atom. The van der Waals surface area contributed by atoms with Crippen LogP contribution in [0.15, 0.2) is 11.6 Å². The van der Waals surface area contributed by atoms with E-state index >= 15 is 0 Å². The summed E-state index contributed by atoms with van der Waals surface area (Å²) in [5.74, 6) is 2.85. The van der Waals surface area contributed by atoms with E-state index in [-0.39, 0.29) is 18.1 Å². The van der Waals surface area contributed by atoms with Gasteiger partial charge >= 0.3 is 6.09 Å². The van der Waals surface area contributed by atoms with Gasteiger partial charge in [0.1, 0.15) is 6.61 Å². The van der Waals surface area contributed by atoms with Crippen molar-refractivity contribution in [2.45, 2.75) is 88.4 Å². The largest absolute Gasteiger partial charge is 0.445 e. The number of fused-ring (bicyclic) bond motifs is 5. The number of ether oxygens (including phenoxy) is 1. The van der Waals surface area contributed by atoms with Gasteiger partial charge in [0.25, 0.3) is 0 Å². The lowest BCUT2D eigenvalue weighted by atomic mass is 9.47. The maximum atomic E-state index is 12.2. The zero-order chi connectivity index (χ0) is 21.7. The van der Waals surface area contributed by atoms with Crippen LogP contribution in [0, 0.1) is 34.5 Å². The Kier molecular flexibility index (Phi) is 6.41. The zero-order valence-electron chi connectivity index (χ0n) is 18.5. The lowest BCUT2D eigenvalue weighted by molar-refractivity contribution is -0.0455. The van der Waals surface area contributed by atoms with Gasteiger partial charge in [0.2, 0.25) is 3.79 Å². The third-order valence-electron chi connectivity index (χ3n) is 9.41. The molecule has 0 radical (unpaired) electrons. The highest BCUT2D eigenvalue weighted by Crippen LogP contribution is 2.66. The zero-order valence-corrected chi connectivity index (χ0v) is 20.8. The van der Waals surface area contributed by atoms with Crippen LogP contribution in [0.2, 0.25) is 0 Å². The standard InChI is InChI=1S/C24H36Cl3NO2/c1-15(28-21(29)30-14-24(25,26)27)18-9-10-19-17-8-7-16-6-4-5-12-22(16,2)20(17)11-13-23(18,19)3/h7,15,17-20H,4-6,8-14H2,1-3H3,(H,28,29)/t15-,17+,18-,19+,20+,22+,23-/m1/s1. The molecule has 3 fully saturated rings. The van der Waals surface area contributed by atoms with Crippen LogP contribution >= 0.6 is 34.8 Å². The van der Waals surface area contributed by atoms with Gasteiger partial charge in [-0.05, 0) is 92.8 Å². The maximum absolute atomic E-state index is 12.2. The van der Waals surface area contributed by atoms with Crippen LogP contribution in [-0.2, 0) is 4.74 Å². The molecule has 30 heavy (non-hydrogen) atoms. The number of hydrogen-bond acceptors (Lipinski definition) is 2. The molecule has 3 nitrogen and oxygen atoms in total. The van der Waals surface area contributed by atoms with Crippen molar-refractivity contribution in [3.8, 4) is 0 Å². The van der Waals surface area contributed by atoms with Crippen LogP contribution < -0.4 is 5.32 Å². The van der Waals surface area contributed by atoms with E-state index in [9.17, 15) is 4.79 Å². The van der Waals surface area contributed by atoms with Gasteiger partial charge in [0.15, 0.2) is 0 Å². The van der Waals surface area contributed by atoms with Crippen molar-refractivity contribution in [3.05, 3.63) is 11.6 Å². The van der Waals surface area contributed by atoms with Crippen molar-refractivity contribution < 1.29 is 9.53 Å². The Bertz CT molecular complexity index is 705. The van der Waals surface area contributed by atoms with E-state index in [0.29, 0.717) is 11.3 Å². The number of rotatable bonds is 3. The second-order valence-electron chi connectivity index (χ2n) is 10.8. The molecular formula is C24H36Cl3NO2. The molecule has 0 spiro atoms. The molecule has 3 saturated carbocycles. The first kappa shape index (κ1) is 23.1. The lowest BCUT2D eigenvalue weighted by Crippen LogP contribution is -2.52. The molecule has 0 aliphatic heterocycles. The monoisotopic (exact) mass is 475 g/mol. The molecule has 4 rings (SSSR count). The molecule has 4 aliphatic rings. The van der Waals surface area contributed by atoms with E-state index in [1.54, 1.807) is 5.57 Å². The van der Waals surface area contributed by atoms with E-state index < -0.39 is 9.89 Å². The minimum Gasteiger partial charge on any atom is -0.445 e. The number of hydrogen-bond donors (Lipinski definition) is 1. The number of carbonyl (C=O) groups is 1. The van der Waals surface area contributed by atoms with E-state index in [1.165, 1.54) is 57.8 Å². The number of amides is 1. The molecule has 0 saturated heterocycles. The Balaban J connectivity index is 1.45. The summed E-state index contributed by atoms with van der Waals surface area (Å²) in [5, 5.41) is 3.03. The minimum absolute atomic E-state index is 0.0550. The van der Waals surface area contributed by atoms with Gasteiger partial charge < -0.3 is 10.1 Å². The van der Waals surface area contributed by atoms with E-state index in [2.05, 4.69) is 32.2 Å². The molecule has 6 heteroatoms. The summed E-state index contributed by atoms with van der Waals surface area (Å²) in [6, 6.07) is 0.0550. The van der Waals surface area contributed by atoms with Crippen LogP contribution in [0.3, 0.4) is 0 Å². The van der Waals surface area contributed by atoms with Crippen LogP contribution in [-0.4, -0.2) is 22.5 Å². The number of carbonyl (C=O) groups excluding carboxylic acids is 1. The Morgan fingerprint density at radius 2 is 1.97 bits per heavy atom. The Morgan fingerprint density at radius 1 is 1.20 bits per heavy atom. The molecule has 0 heterocycles. The quantitative estimate of drug-likeness (QED) is 0.339. The SMILES string of the molecule is C[C@@H](NC(=O)OCC(Cl)(Cl)Cl)[C@H]1CC[C@H]2[C@@H]3CC=C4CCCC[C@]4(C)[C@H]3CC[C@]12C. The van der Waals surface area contributed by atoms with Gasteiger partial charge in [-0.2, -0.15) is 0 Å². The molecular weight excluding hydrogens is 441 g/mol. The fourth-order valence-electron chi connectivity index (χ4n) is 8.04. The minimum atomic E-state index is -1.58. The number of nitrogens with one attached hydrogen (secondary N) is 1. The first-order chi connectivity index (χ1) is 14.0. The van der Waals surface area contributed by atoms with Crippen LogP contribution in [0.1, 0.15) is 78.6 Å². The summed E-state index contributed by atoms with van der Waals surface area (Å²) in [5.41, 5.74) is 2.48. The highest BCUT2D eigenvalue weighted by Gasteiger charge is 2.59. The predicted octanol–water partition coefficient (Wildman–Crippen LogP) is 7.44. The number of alkyl halides is 3. The number of allylic oxidation sites excluding steroid dienone is 2. The fraction of sp³-hybridized carbons (Fsp3) is 0.875. The average molecular weight is 477 g/mol. The predicted molar refractivity (Wildman–Crippen MR) is 124 cm³/mol. The van der Waals surface area contributed by atoms with E-state index in [4.69, 9.17) is 39.5 Å². The molecule has 170 valence electrons. The lowest BCUT2D eigenvalue weighted by Gasteiger charge is -2.58. The number of halogens is 3. The van der Waals surface area contributed by atoms with Gasteiger partial charge in [0.05, 0.1) is 0 Å². The normalized spacial score (nSPS) is 41.7. The first-order valence-corrected chi connectivity index (χ1v) is 12.9. The molecule has 7 atom stereocenters. The molecule has 0 aromatic heterocycles. The van der Waals surface area contributed by atoms with Crippen molar-refractivity contribution in [3.63, 3.8) is 0 Å². The van der Waals surface area contributed by atoms with Gasteiger partial charge in [-0.15, -0.1) is 0 Å². The third-order valence-corrected chi connectivity index (χ3v) is 9.73. The van der Waals surface area contributed by atoms with Crippen molar-refractivity contribution in [2.24, 2.45) is 34.5 Å². The van der Waals surface area contributed by atoms with Crippen LogP contribution in [0.5, 0.6) is 0 Å². The second kappa shape index (κ2) is 8.34. The van der Waals surface area contributed by atoms with Crippen LogP contribution in [0.4, 0.5) is 4.79 Å². The average Bonchev–Trinajstić information content (AvgIpc) is 3.02. The van der Waals surface area contributed by atoms with Crippen LogP contribution in [0.25, 0.3) is 0 Å². The highest BCUT2D eigenvalue weighted by atomic mass is 35.6. The summed E-state index contributed by atoms with van der Waals surface area (Å²) in [6.07, 6.45) is 13.9. The van der Waals surface area contributed by atoms with Crippen molar-refractivity contribution in [1.29, 1.82) is 0 Å². The highest BCUT2D eigenvalue weighted by molar-refractivity contribution is 6.67. The van der Waals surface area contributed by atoms with E-state index in [1.807, 2.05) is 0 Å². The van der Waals surface area contributed by atoms with Gasteiger partial charge in [-0.1, -0.05) is 66.7 Å². The summed E-state index contributed by atoms with van der Waals surface area (Å²) in [7, 11) is 0. The third kappa shape index (κ3) is 4.13. The molecule has 0 unspecified atom stereocenters. The molecule has 0 aromatic carbocycles. The summed E-state index contributed by atoms with van der Waals surface area (Å²) < 4.78 is 3.53. The topological polar surface area (TPSA) is 38.3 Å². The Labute approximate surface area is 196 Å². The smallest absolute Gasteiger partial charge is 0.407 e.